The van der Waals surface area contributed by atoms with E-state index in [0.717, 1.165) is 5.56 Å². The van der Waals surface area contributed by atoms with Crippen molar-refractivity contribution in [1.29, 1.82) is 0 Å². The van der Waals surface area contributed by atoms with Crippen LogP contribution in [0, 0.1) is 11.7 Å². The van der Waals surface area contributed by atoms with Crippen LogP contribution in [0.2, 0.25) is 5.02 Å². The summed E-state index contributed by atoms with van der Waals surface area (Å²) in [4.78, 5) is 28.9. The van der Waals surface area contributed by atoms with Gasteiger partial charge in [0.15, 0.2) is 0 Å². The van der Waals surface area contributed by atoms with E-state index in [0.29, 0.717) is 49.6 Å². The van der Waals surface area contributed by atoms with Gasteiger partial charge in [-0.15, -0.1) is 0 Å². The SMILES string of the molecule is O=C(Cc1ccc(Cl)cc1)N1CCN(C(=O)C2CC2c2ccccc2F)CC1. The molecule has 1 saturated heterocycles. The third kappa shape index (κ3) is 4.04. The zero-order valence-corrected chi connectivity index (χ0v) is 16.2. The van der Waals surface area contributed by atoms with Crippen LogP contribution < -0.4 is 0 Å². The van der Waals surface area contributed by atoms with E-state index in [-0.39, 0.29) is 29.5 Å². The molecule has 0 spiro atoms. The summed E-state index contributed by atoms with van der Waals surface area (Å²) in [5.41, 5.74) is 1.57. The fraction of sp³-hybridized carbons (Fsp3) is 0.364. The first kappa shape index (κ1) is 18.9. The van der Waals surface area contributed by atoms with E-state index in [4.69, 9.17) is 11.6 Å². The maximum absolute atomic E-state index is 13.9. The molecule has 6 heteroatoms. The molecule has 0 bridgehead atoms. The maximum atomic E-state index is 13.9. The minimum Gasteiger partial charge on any atom is -0.339 e. The minimum absolute atomic E-state index is 0.0155. The van der Waals surface area contributed by atoms with Gasteiger partial charge >= 0.3 is 0 Å². The van der Waals surface area contributed by atoms with Gasteiger partial charge in [-0.3, -0.25) is 9.59 Å². The number of nitrogens with zero attached hydrogens (tertiary/aromatic N) is 2. The van der Waals surface area contributed by atoms with E-state index in [9.17, 15) is 14.0 Å². The number of halogens is 2. The summed E-state index contributed by atoms with van der Waals surface area (Å²) in [6.07, 6.45) is 1.04. The zero-order valence-electron chi connectivity index (χ0n) is 15.5. The van der Waals surface area contributed by atoms with E-state index in [1.54, 1.807) is 29.2 Å². The van der Waals surface area contributed by atoms with Crippen LogP contribution in [0.25, 0.3) is 0 Å². The Kier molecular flexibility index (Phi) is 5.36. The second-order valence-electron chi connectivity index (χ2n) is 7.48. The predicted octanol–water partition coefficient (Wildman–Crippen LogP) is 3.50. The summed E-state index contributed by atoms with van der Waals surface area (Å²) in [6.45, 7) is 2.14. The lowest BCUT2D eigenvalue weighted by Crippen LogP contribution is -2.51. The molecule has 2 unspecified atom stereocenters. The topological polar surface area (TPSA) is 40.6 Å². The smallest absolute Gasteiger partial charge is 0.227 e. The average Bonchev–Trinajstić information content (AvgIpc) is 3.50. The van der Waals surface area contributed by atoms with Gasteiger partial charge in [-0.05, 0) is 41.7 Å². The van der Waals surface area contributed by atoms with Crippen LogP contribution >= 0.6 is 11.6 Å². The Balaban J connectivity index is 1.28. The quantitative estimate of drug-likeness (QED) is 0.788. The van der Waals surface area contributed by atoms with Gasteiger partial charge in [0.25, 0.3) is 0 Å². The summed E-state index contributed by atoms with van der Waals surface area (Å²) < 4.78 is 13.9. The number of hydrogen-bond acceptors (Lipinski definition) is 2. The van der Waals surface area contributed by atoms with Gasteiger partial charge < -0.3 is 9.80 Å². The zero-order chi connectivity index (χ0) is 19.7. The summed E-state index contributed by atoms with van der Waals surface area (Å²) in [5, 5.41) is 0.650. The van der Waals surface area contributed by atoms with E-state index < -0.39 is 0 Å². The van der Waals surface area contributed by atoms with Gasteiger partial charge in [0.2, 0.25) is 11.8 Å². The van der Waals surface area contributed by atoms with Gasteiger partial charge in [0.1, 0.15) is 5.82 Å². The Labute approximate surface area is 168 Å². The lowest BCUT2D eigenvalue weighted by atomic mass is 10.1. The highest BCUT2D eigenvalue weighted by molar-refractivity contribution is 6.30. The molecule has 2 fully saturated rings. The van der Waals surface area contributed by atoms with Gasteiger partial charge in [0, 0.05) is 37.1 Å². The normalized spacial score (nSPS) is 21.5. The van der Waals surface area contributed by atoms with E-state index in [2.05, 4.69) is 0 Å². The molecule has 1 aliphatic carbocycles. The van der Waals surface area contributed by atoms with Crippen LogP contribution in [0.4, 0.5) is 4.39 Å². The fourth-order valence-electron chi connectivity index (χ4n) is 3.89. The van der Waals surface area contributed by atoms with Crippen LogP contribution in [0.5, 0.6) is 0 Å². The van der Waals surface area contributed by atoms with Crippen molar-refractivity contribution in [2.45, 2.75) is 18.8 Å². The third-order valence-corrected chi connectivity index (χ3v) is 5.88. The lowest BCUT2D eigenvalue weighted by molar-refractivity contribution is -0.140. The maximum Gasteiger partial charge on any atom is 0.227 e. The van der Waals surface area contributed by atoms with Crippen molar-refractivity contribution in [3.05, 3.63) is 70.5 Å². The van der Waals surface area contributed by atoms with E-state index in [1.165, 1.54) is 6.07 Å². The number of hydrogen-bond donors (Lipinski definition) is 0. The Morgan fingerprint density at radius 2 is 1.61 bits per heavy atom. The number of piperazine rings is 1. The number of benzene rings is 2. The molecule has 0 N–H and O–H groups in total. The van der Waals surface area contributed by atoms with Gasteiger partial charge in [0.05, 0.1) is 6.42 Å². The molecule has 0 radical (unpaired) electrons. The lowest BCUT2D eigenvalue weighted by Gasteiger charge is -2.35. The summed E-state index contributed by atoms with van der Waals surface area (Å²) in [5.74, 6) is -0.241. The monoisotopic (exact) mass is 400 g/mol. The fourth-order valence-corrected chi connectivity index (χ4v) is 4.01. The second-order valence-corrected chi connectivity index (χ2v) is 7.92. The molecule has 28 heavy (non-hydrogen) atoms. The number of carbonyl (C=O) groups is 2. The van der Waals surface area contributed by atoms with E-state index in [1.807, 2.05) is 23.1 Å². The molecule has 4 rings (SSSR count). The number of amides is 2. The highest BCUT2D eigenvalue weighted by Crippen LogP contribution is 2.49. The largest absolute Gasteiger partial charge is 0.339 e. The molecule has 0 aromatic heterocycles. The Morgan fingerprint density at radius 1 is 0.964 bits per heavy atom. The van der Waals surface area contributed by atoms with Crippen LogP contribution in [-0.2, 0) is 16.0 Å². The molecule has 2 aromatic carbocycles. The van der Waals surface area contributed by atoms with Gasteiger partial charge in [-0.25, -0.2) is 4.39 Å². The summed E-state index contributed by atoms with van der Waals surface area (Å²) in [7, 11) is 0. The van der Waals surface area contributed by atoms with Crippen LogP contribution in [0.3, 0.4) is 0 Å². The van der Waals surface area contributed by atoms with Crippen molar-refractivity contribution < 1.29 is 14.0 Å². The predicted molar refractivity (Wildman–Crippen MR) is 106 cm³/mol. The third-order valence-electron chi connectivity index (χ3n) is 5.62. The molecule has 2 amide bonds. The summed E-state index contributed by atoms with van der Waals surface area (Å²) in [6, 6.07) is 14.0. The average molecular weight is 401 g/mol. The van der Waals surface area contributed by atoms with Crippen molar-refractivity contribution in [3.8, 4) is 0 Å². The first-order valence-corrected chi connectivity index (χ1v) is 9.96. The molecule has 2 aliphatic rings. The van der Waals surface area contributed by atoms with E-state index >= 15 is 0 Å². The molecular weight excluding hydrogens is 379 g/mol. The molecule has 1 aliphatic heterocycles. The number of rotatable bonds is 4. The molecular formula is C22H22ClFN2O2. The highest BCUT2D eigenvalue weighted by Gasteiger charge is 2.47. The first-order valence-electron chi connectivity index (χ1n) is 9.58. The van der Waals surface area contributed by atoms with Crippen molar-refractivity contribution in [1.82, 2.24) is 9.80 Å². The van der Waals surface area contributed by atoms with Crippen molar-refractivity contribution in [2.75, 3.05) is 26.2 Å². The molecule has 2 aromatic rings. The van der Waals surface area contributed by atoms with Crippen molar-refractivity contribution >= 4 is 23.4 Å². The second kappa shape index (κ2) is 7.92. The minimum atomic E-state index is -0.236. The molecule has 1 saturated carbocycles. The Hall–Kier alpha value is -2.40. The standard InChI is InChI=1S/C22H22ClFN2O2/c23-16-7-5-15(6-8-16)13-21(27)25-9-11-26(12-10-25)22(28)19-14-18(19)17-3-1-2-4-20(17)24/h1-8,18-19H,9-14H2. The Bertz CT molecular complexity index is 878. The van der Waals surface area contributed by atoms with Crippen LogP contribution in [-0.4, -0.2) is 47.8 Å². The van der Waals surface area contributed by atoms with Gasteiger partial charge in [-0.1, -0.05) is 41.9 Å². The van der Waals surface area contributed by atoms with Gasteiger partial charge in [-0.2, -0.15) is 0 Å². The highest BCUT2D eigenvalue weighted by atomic mass is 35.5. The van der Waals surface area contributed by atoms with Crippen LogP contribution in [0.1, 0.15) is 23.5 Å². The molecule has 2 atom stereocenters. The molecule has 146 valence electrons. The van der Waals surface area contributed by atoms with Crippen LogP contribution in [0.15, 0.2) is 48.5 Å². The molecule has 4 nitrogen and oxygen atoms in total. The summed E-state index contributed by atoms with van der Waals surface area (Å²) >= 11 is 5.88. The first-order chi connectivity index (χ1) is 13.5. The molecule has 1 heterocycles. The number of carbonyl (C=O) groups excluding carboxylic acids is 2. The van der Waals surface area contributed by atoms with Crippen molar-refractivity contribution in [3.63, 3.8) is 0 Å². The van der Waals surface area contributed by atoms with Crippen molar-refractivity contribution in [2.24, 2.45) is 5.92 Å². The Morgan fingerprint density at radius 3 is 2.29 bits per heavy atom.